The van der Waals surface area contributed by atoms with E-state index in [1.807, 2.05) is 0 Å². The molecule has 0 aromatic heterocycles. The zero-order valence-electron chi connectivity index (χ0n) is 23.7. The van der Waals surface area contributed by atoms with Gasteiger partial charge in [0, 0.05) is 0 Å². The van der Waals surface area contributed by atoms with Crippen LogP contribution in [-0.2, 0) is 0 Å². The summed E-state index contributed by atoms with van der Waals surface area (Å²) in [6, 6.07) is 63.2. The molecule has 0 bridgehead atoms. The summed E-state index contributed by atoms with van der Waals surface area (Å²) < 4.78 is 0. The second kappa shape index (κ2) is 10.9. The quantitative estimate of drug-likeness (QED) is 0.284. The summed E-state index contributed by atoms with van der Waals surface area (Å²) in [5.41, 5.74) is 5.29. The number of fused-ring (bicyclic) bond motifs is 4. The van der Waals surface area contributed by atoms with Gasteiger partial charge < -0.3 is 0 Å². The SMILES string of the molecule is [Na+].c1ccc2cc([B-](c3ccc4ccccc4c3)(c3ccc4ccccc4c3)c3ccc4ccccc4c3)ccc2c1. The number of benzene rings is 8. The Morgan fingerprint density at radius 3 is 0.690 bits per heavy atom. The summed E-state index contributed by atoms with van der Waals surface area (Å²) in [6.07, 6.45) is -1.54. The second-order valence-corrected chi connectivity index (χ2v) is 11.3. The molecule has 192 valence electrons. The average Bonchev–Trinajstić information content (AvgIpc) is 3.05. The molecule has 0 spiro atoms. The number of hydrogen-bond donors (Lipinski definition) is 0. The van der Waals surface area contributed by atoms with Crippen molar-refractivity contribution in [2.24, 2.45) is 0 Å². The Morgan fingerprint density at radius 2 is 0.452 bits per heavy atom. The largest absolute Gasteiger partial charge is 1.00 e. The van der Waals surface area contributed by atoms with Crippen LogP contribution in [0.25, 0.3) is 43.1 Å². The smallest absolute Gasteiger partial charge is 0.195 e. The molecule has 0 unspecified atom stereocenters. The molecule has 0 heterocycles. The van der Waals surface area contributed by atoms with Crippen LogP contribution >= 0.6 is 0 Å². The van der Waals surface area contributed by atoms with Gasteiger partial charge in [0.15, 0.2) is 0 Å². The Hall–Kier alpha value is -4.14. The predicted octanol–water partition coefficient (Wildman–Crippen LogP) is 4.68. The Kier molecular flexibility index (Phi) is 6.96. The molecule has 0 saturated carbocycles. The predicted molar refractivity (Wildman–Crippen MR) is 180 cm³/mol. The van der Waals surface area contributed by atoms with Crippen LogP contribution < -0.4 is 51.4 Å². The van der Waals surface area contributed by atoms with E-state index in [2.05, 4.69) is 170 Å². The van der Waals surface area contributed by atoms with Crippen molar-refractivity contribution in [3.8, 4) is 0 Å². The molecule has 0 aliphatic rings. The van der Waals surface area contributed by atoms with E-state index in [1.54, 1.807) is 0 Å². The van der Waals surface area contributed by atoms with Crippen LogP contribution in [-0.4, -0.2) is 6.15 Å². The van der Waals surface area contributed by atoms with Crippen LogP contribution in [0, 0.1) is 0 Å². The molecular weight excluding hydrogens is 514 g/mol. The summed E-state index contributed by atoms with van der Waals surface area (Å²) >= 11 is 0. The van der Waals surface area contributed by atoms with Crippen LogP contribution in [0.1, 0.15) is 0 Å². The van der Waals surface area contributed by atoms with Crippen LogP contribution in [0.2, 0.25) is 0 Å². The first-order valence-corrected chi connectivity index (χ1v) is 14.4. The van der Waals surface area contributed by atoms with Crippen molar-refractivity contribution in [1.82, 2.24) is 0 Å². The summed E-state index contributed by atoms with van der Waals surface area (Å²) in [5.74, 6) is 0. The Bertz CT molecular complexity index is 1910. The van der Waals surface area contributed by atoms with E-state index in [9.17, 15) is 0 Å². The summed E-state index contributed by atoms with van der Waals surface area (Å²) in [7, 11) is 0. The van der Waals surface area contributed by atoms with Crippen molar-refractivity contribution in [3.63, 3.8) is 0 Å². The van der Waals surface area contributed by atoms with Crippen molar-refractivity contribution in [1.29, 1.82) is 0 Å². The molecule has 2 heteroatoms. The second-order valence-electron chi connectivity index (χ2n) is 11.3. The van der Waals surface area contributed by atoms with Gasteiger partial charge in [-0.15, -0.1) is 0 Å². The normalized spacial score (nSPS) is 11.6. The van der Waals surface area contributed by atoms with E-state index in [0.717, 1.165) is 0 Å². The monoisotopic (exact) mass is 542 g/mol. The molecule has 0 atom stereocenters. The summed E-state index contributed by atoms with van der Waals surface area (Å²) in [4.78, 5) is 0. The van der Waals surface area contributed by atoms with E-state index in [4.69, 9.17) is 0 Å². The van der Waals surface area contributed by atoms with Gasteiger partial charge in [-0.3, -0.25) is 0 Å². The zero-order chi connectivity index (χ0) is 27.2. The maximum Gasteiger partial charge on any atom is 1.00 e. The van der Waals surface area contributed by atoms with Gasteiger partial charge in [0.05, 0.1) is 0 Å². The van der Waals surface area contributed by atoms with Gasteiger partial charge in [-0.2, -0.15) is 21.9 Å². The van der Waals surface area contributed by atoms with Gasteiger partial charge in [0.25, 0.3) is 0 Å². The molecule has 0 saturated heterocycles. The first kappa shape index (κ1) is 26.7. The maximum atomic E-state index is 2.43. The fourth-order valence-electron chi connectivity index (χ4n) is 7.06. The van der Waals surface area contributed by atoms with E-state index in [1.165, 1.54) is 64.9 Å². The first-order valence-electron chi connectivity index (χ1n) is 14.4. The van der Waals surface area contributed by atoms with Crippen LogP contribution in [0.5, 0.6) is 0 Å². The maximum absolute atomic E-state index is 2.43. The van der Waals surface area contributed by atoms with Crippen LogP contribution in [0.4, 0.5) is 0 Å². The third-order valence-corrected chi connectivity index (χ3v) is 9.09. The topological polar surface area (TPSA) is 0 Å². The summed E-state index contributed by atoms with van der Waals surface area (Å²) in [6.45, 7) is 0. The molecular formula is C40H28BNa. The van der Waals surface area contributed by atoms with E-state index in [0.29, 0.717) is 0 Å². The number of rotatable bonds is 4. The molecule has 8 rings (SSSR count). The van der Waals surface area contributed by atoms with Gasteiger partial charge in [-0.05, 0) is 43.1 Å². The first-order chi connectivity index (χ1) is 20.3. The van der Waals surface area contributed by atoms with Crippen molar-refractivity contribution in [2.75, 3.05) is 0 Å². The zero-order valence-corrected chi connectivity index (χ0v) is 25.7. The minimum absolute atomic E-state index is 0. The van der Waals surface area contributed by atoms with Gasteiger partial charge >= 0.3 is 29.6 Å². The van der Waals surface area contributed by atoms with E-state index < -0.39 is 6.15 Å². The molecule has 0 fully saturated rings. The fourth-order valence-corrected chi connectivity index (χ4v) is 7.06. The standard InChI is InChI=1S/C40H28B.Na/c1-5-13-33-25-37(21-17-29(33)9-1)41(38-22-18-30-10-2-6-14-34(30)26-38,39-23-19-31-11-3-7-15-35(31)27-39)40-24-20-32-12-4-8-16-36(32)28-40;/h1-28H;/q-1;+1. The molecule has 0 N–H and O–H groups in total. The van der Waals surface area contributed by atoms with Gasteiger partial charge in [-0.1, -0.05) is 170 Å². The van der Waals surface area contributed by atoms with Crippen molar-refractivity contribution >= 4 is 71.1 Å². The third kappa shape index (κ3) is 4.37. The summed E-state index contributed by atoms with van der Waals surface area (Å²) in [5, 5.41) is 10.1. The fraction of sp³-hybridized carbons (Fsp3) is 0. The van der Waals surface area contributed by atoms with E-state index in [-0.39, 0.29) is 29.6 Å². The molecule has 0 aliphatic carbocycles. The van der Waals surface area contributed by atoms with Crippen LogP contribution in [0.15, 0.2) is 170 Å². The van der Waals surface area contributed by atoms with Crippen molar-refractivity contribution in [3.05, 3.63) is 170 Å². The third-order valence-electron chi connectivity index (χ3n) is 9.09. The number of hydrogen-bond acceptors (Lipinski definition) is 0. The average molecular weight is 542 g/mol. The van der Waals surface area contributed by atoms with Crippen LogP contribution in [0.3, 0.4) is 0 Å². The molecule has 8 aromatic rings. The minimum Gasteiger partial charge on any atom is -0.195 e. The minimum atomic E-state index is -1.54. The van der Waals surface area contributed by atoms with Gasteiger partial charge in [0.1, 0.15) is 6.15 Å². The molecule has 0 amide bonds. The molecule has 8 aromatic carbocycles. The van der Waals surface area contributed by atoms with E-state index >= 15 is 0 Å². The van der Waals surface area contributed by atoms with Gasteiger partial charge in [0.2, 0.25) is 0 Å². The molecule has 0 aliphatic heterocycles. The Balaban J connectivity index is 0.00000288. The molecule has 42 heavy (non-hydrogen) atoms. The Morgan fingerprint density at radius 1 is 0.238 bits per heavy atom. The van der Waals surface area contributed by atoms with Crippen molar-refractivity contribution < 1.29 is 29.6 Å². The molecule has 0 radical (unpaired) electrons. The van der Waals surface area contributed by atoms with Gasteiger partial charge in [-0.25, -0.2) is 0 Å². The molecule has 0 nitrogen and oxygen atoms in total. The Labute approximate surface area is 268 Å². The van der Waals surface area contributed by atoms with Crippen molar-refractivity contribution in [2.45, 2.75) is 0 Å².